The van der Waals surface area contributed by atoms with Crippen LogP contribution in [0.15, 0.2) is 24.3 Å². The topological polar surface area (TPSA) is 46.5 Å². The molecule has 5 unspecified atom stereocenters. The Morgan fingerprint density at radius 2 is 2.14 bits per heavy atom. The summed E-state index contributed by atoms with van der Waals surface area (Å²) in [6.45, 7) is 0.612. The maximum atomic E-state index is 10.9. The maximum absolute atomic E-state index is 10.9. The summed E-state index contributed by atoms with van der Waals surface area (Å²) in [5, 5.41) is 8.98. The van der Waals surface area contributed by atoms with Crippen molar-refractivity contribution in [3.8, 4) is 0 Å². The van der Waals surface area contributed by atoms with Gasteiger partial charge in [0.05, 0.1) is 18.6 Å². The normalized spacial score (nSPS) is 48.1. The van der Waals surface area contributed by atoms with Crippen molar-refractivity contribution in [3.05, 3.63) is 24.3 Å². The van der Waals surface area contributed by atoms with Crippen molar-refractivity contribution < 1.29 is 14.6 Å². The van der Waals surface area contributed by atoms with Gasteiger partial charge in [0.2, 0.25) is 0 Å². The van der Waals surface area contributed by atoms with E-state index in [0.29, 0.717) is 18.4 Å². The van der Waals surface area contributed by atoms with Crippen LogP contribution in [0.2, 0.25) is 0 Å². The number of hydrogen-bond acceptors (Lipinski definition) is 2. The van der Waals surface area contributed by atoms with Gasteiger partial charge in [-0.05, 0) is 5.92 Å². The summed E-state index contributed by atoms with van der Waals surface area (Å²) < 4.78 is 5.61. The van der Waals surface area contributed by atoms with Crippen LogP contribution in [-0.2, 0) is 9.53 Å². The first kappa shape index (κ1) is 8.24. The highest BCUT2D eigenvalue weighted by atomic mass is 16.5. The third-order valence-corrected chi connectivity index (χ3v) is 3.56. The fourth-order valence-electron chi connectivity index (χ4n) is 2.83. The van der Waals surface area contributed by atoms with Gasteiger partial charge in [0.1, 0.15) is 0 Å². The Kier molecular flexibility index (Phi) is 1.59. The van der Waals surface area contributed by atoms with E-state index in [4.69, 9.17) is 9.84 Å². The fourth-order valence-corrected chi connectivity index (χ4v) is 2.83. The lowest BCUT2D eigenvalue weighted by Gasteiger charge is -2.28. The molecule has 2 fully saturated rings. The molecule has 5 atom stereocenters. The average Bonchev–Trinajstić information content (AvgIpc) is 2.92. The van der Waals surface area contributed by atoms with E-state index in [1.54, 1.807) is 0 Å². The number of allylic oxidation sites excluding steroid dienone is 2. The van der Waals surface area contributed by atoms with Crippen molar-refractivity contribution in [1.29, 1.82) is 0 Å². The van der Waals surface area contributed by atoms with Crippen LogP contribution in [0.1, 0.15) is 0 Å². The summed E-state index contributed by atoms with van der Waals surface area (Å²) in [6.07, 6.45) is 8.19. The summed E-state index contributed by atoms with van der Waals surface area (Å²) in [6, 6.07) is 0. The van der Waals surface area contributed by atoms with E-state index in [1.165, 1.54) is 0 Å². The monoisotopic (exact) mass is 192 g/mol. The minimum absolute atomic E-state index is 0.116. The molecule has 0 bridgehead atoms. The number of hydrogen-bond donors (Lipinski definition) is 1. The minimum Gasteiger partial charge on any atom is -0.481 e. The summed E-state index contributed by atoms with van der Waals surface area (Å²) >= 11 is 0. The molecule has 1 saturated heterocycles. The summed E-state index contributed by atoms with van der Waals surface area (Å²) in [5.74, 6) is 0.0329. The summed E-state index contributed by atoms with van der Waals surface area (Å²) in [5.41, 5.74) is 0. The number of ether oxygens (including phenoxy) is 1. The molecule has 1 N–H and O–H groups in total. The van der Waals surface area contributed by atoms with E-state index in [2.05, 4.69) is 6.08 Å². The van der Waals surface area contributed by atoms with Crippen molar-refractivity contribution in [3.63, 3.8) is 0 Å². The molecule has 0 aromatic rings. The van der Waals surface area contributed by atoms with Gasteiger partial charge < -0.3 is 9.84 Å². The Morgan fingerprint density at radius 1 is 1.36 bits per heavy atom. The van der Waals surface area contributed by atoms with Gasteiger partial charge in [-0.3, -0.25) is 4.79 Å². The van der Waals surface area contributed by atoms with Crippen molar-refractivity contribution >= 4 is 5.97 Å². The van der Waals surface area contributed by atoms with E-state index < -0.39 is 5.97 Å². The molecule has 3 heteroatoms. The van der Waals surface area contributed by atoms with Crippen LogP contribution < -0.4 is 0 Å². The third-order valence-electron chi connectivity index (χ3n) is 3.56. The molecule has 1 aliphatic heterocycles. The number of aliphatic carboxylic acids is 1. The number of carboxylic acid groups (broad SMARTS) is 1. The second-order valence-corrected chi connectivity index (χ2v) is 4.25. The zero-order chi connectivity index (χ0) is 9.71. The zero-order valence-corrected chi connectivity index (χ0v) is 7.67. The van der Waals surface area contributed by atoms with Crippen LogP contribution in [0.25, 0.3) is 0 Å². The second-order valence-electron chi connectivity index (χ2n) is 4.25. The molecule has 0 aromatic carbocycles. The van der Waals surface area contributed by atoms with Gasteiger partial charge in [-0.15, -0.1) is 0 Å². The van der Waals surface area contributed by atoms with E-state index in [0.717, 1.165) is 0 Å². The van der Waals surface area contributed by atoms with Crippen molar-refractivity contribution in [2.45, 2.75) is 6.10 Å². The predicted octanol–water partition coefficient (Wildman–Crippen LogP) is 1.07. The first-order valence-electron chi connectivity index (χ1n) is 4.98. The summed E-state index contributed by atoms with van der Waals surface area (Å²) in [7, 11) is 0. The van der Waals surface area contributed by atoms with Crippen LogP contribution in [0.4, 0.5) is 0 Å². The molecule has 2 aliphatic carbocycles. The van der Waals surface area contributed by atoms with Crippen LogP contribution >= 0.6 is 0 Å². The van der Waals surface area contributed by atoms with Crippen molar-refractivity contribution in [2.75, 3.05) is 6.61 Å². The Balaban J connectivity index is 1.84. The van der Waals surface area contributed by atoms with E-state index >= 15 is 0 Å². The highest BCUT2D eigenvalue weighted by molar-refractivity contribution is 5.74. The molecule has 3 rings (SSSR count). The molecule has 3 nitrogen and oxygen atoms in total. The molecule has 1 heterocycles. The number of carbonyl (C=O) groups is 1. The Hall–Kier alpha value is -1.09. The summed E-state index contributed by atoms with van der Waals surface area (Å²) in [4.78, 5) is 10.9. The molecular weight excluding hydrogens is 180 g/mol. The van der Waals surface area contributed by atoms with E-state index in [-0.39, 0.29) is 17.9 Å². The first-order valence-corrected chi connectivity index (χ1v) is 4.98. The lowest BCUT2D eigenvalue weighted by atomic mass is 9.89. The fraction of sp³-hybridized carbons (Fsp3) is 0.545. The van der Waals surface area contributed by atoms with Gasteiger partial charge in [0.15, 0.2) is 0 Å². The lowest BCUT2D eigenvalue weighted by molar-refractivity contribution is -0.139. The molecule has 0 spiro atoms. The third kappa shape index (κ3) is 0.989. The Labute approximate surface area is 82.1 Å². The van der Waals surface area contributed by atoms with Gasteiger partial charge in [0.25, 0.3) is 0 Å². The van der Waals surface area contributed by atoms with Crippen molar-refractivity contribution in [1.82, 2.24) is 0 Å². The number of carboxylic acids is 1. The van der Waals surface area contributed by atoms with Crippen LogP contribution in [0.3, 0.4) is 0 Å². The number of fused-ring (bicyclic) bond motifs is 3. The second kappa shape index (κ2) is 2.70. The predicted molar refractivity (Wildman–Crippen MR) is 49.6 cm³/mol. The molecule has 0 aromatic heterocycles. The SMILES string of the molecule is O=C(O)C1C2COC3C=CC=CC3C21. The number of rotatable bonds is 1. The molecule has 14 heavy (non-hydrogen) atoms. The van der Waals surface area contributed by atoms with Crippen LogP contribution in [-0.4, -0.2) is 23.8 Å². The van der Waals surface area contributed by atoms with Crippen LogP contribution in [0, 0.1) is 23.7 Å². The highest BCUT2D eigenvalue weighted by Gasteiger charge is 2.61. The van der Waals surface area contributed by atoms with Crippen LogP contribution in [0.5, 0.6) is 0 Å². The lowest BCUT2D eigenvalue weighted by Crippen LogP contribution is -2.29. The minimum atomic E-state index is -0.660. The zero-order valence-electron chi connectivity index (χ0n) is 7.67. The van der Waals surface area contributed by atoms with Crippen molar-refractivity contribution in [2.24, 2.45) is 23.7 Å². The molecular formula is C11H12O3. The van der Waals surface area contributed by atoms with Gasteiger partial charge in [-0.1, -0.05) is 24.3 Å². The molecule has 0 amide bonds. The largest absolute Gasteiger partial charge is 0.481 e. The quantitative estimate of drug-likeness (QED) is 0.676. The van der Waals surface area contributed by atoms with Gasteiger partial charge in [-0.25, -0.2) is 0 Å². The molecule has 1 saturated carbocycles. The van der Waals surface area contributed by atoms with Gasteiger partial charge >= 0.3 is 5.97 Å². The first-order chi connectivity index (χ1) is 6.79. The molecule has 74 valence electrons. The van der Waals surface area contributed by atoms with E-state index in [9.17, 15) is 4.79 Å². The average molecular weight is 192 g/mol. The Bertz CT molecular complexity index is 331. The van der Waals surface area contributed by atoms with Gasteiger partial charge in [0, 0.05) is 11.8 Å². The molecule has 3 aliphatic rings. The van der Waals surface area contributed by atoms with Gasteiger partial charge in [-0.2, -0.15) is 0 Å². The highest BCUT2D eigenvalue weighted by Crippen LogP contribution is 2.56. The maximum Gasteiger partial charge on any atom is 0.307 e. The smallest absolute Gasteiger partial charge is 0.307 e. The van der Waals surface area contributed by atoms with E-state index in [1.807, 2.05) is 18.2 Å². The standard InChI is InChI=1S/C11H12O3/c12-11(13)10-7-5-14-8-4-2-1-3-6(8)9(7)10/h1-4,6-10H,5H2,(H,12,13). The Morgan fingerprint density at radius 3 is 2.93 bits per heavy atom. The molecule has 0 radical (unpaired) electrons.